The molecule has 2 amide bonds. The Balaban J connectivity index is 2.83. The first kappa shape index (κ1) is 17.5. The molecule has 4 N–H and O–H groups in total. The standard InChI is InChI=1S/C15H20N2O5/c1-2-3-7-11(15(20)21)17-14(19)10-6-4-5-8-12(10)22-9-13(16)18/h4-6,8,11H,2-3,7,9H2,1H3,(H2,16,18)(H,17,19)(H,20,21). The molecule has 0 bridgehead atoms. The van der Waals surface area contributed by atoms with Crippen LogP contribution in [0.5, 0.6) is 5.75 Å². The zero-order valence-corrected chi connectivity index (χ0v) is 12.4. The lowest BCUT2D eigenvalue weighted by Crippen LogP contribution is -2.40. The summed E-state index contributed by atoms with van der Waals surface area (Å²) >= 11 is 0. The molecule has 0 aromatic heterocycles. The number of hydrogen-bond donors (Lipinski definition) is 3. The third-order valence-electron chi connectivity index (χ3n) is 2.95. The molecule has 7 heteroatoms. The van der Waals surface area contributed by atoms with E-state index < -0.39 is 23.8 Å². The first-order valence-corrected chi connectivity index (χ1v) is 6.99. The van der Waals surface area contributed by atoms with Gasteiger partial charge in [0, 0.05) is 0 Å². The molecular weight excluding hydrogens is 288 g/mol. The monoisotopic (exact) mass is 308 g/mol. The third-order valence-corrected chi connectivity index (χ3v) is 2.95. The maximum Gasteiger partial charge on any atom is 0.326 e. The number of ether oxygens (including phenoxy) is 1. The summed E-state index contributed by atoms with van der Waals surface area (Å²) in [4.78, 5) is 34.1. The second-order valence-corrected chi connectivity index (χ2v) is 4.76. The molecule has 1 atom stereocenters. The van der Waals surface area contributed by atoms with Gasteiger partial charge in [0.25, 0.3) is 11.8 Å². The number of nitrogens with two attached hydrogens (primary N) is 1. The molecule has 120 valence electrons. The van der Waals surface area contributed by atoms with Crippen molar-refractivity contribution in [1.82, 2.24) is 5.32 Å². The molecule has 0 spiro atoms. The summed E-state index contributed by atoms with van der Waals surface area (Å²) < 4.78 is 5.16. The van der Waals surface area contributed by atoms with Crippen LogP contribution in [-0.4, -0.2) is 35.5 Å². The Morgan fingerprint density at radius 3 is 2.59 bits per heavy atom. The van der Waals surface area contributed by atoms with Crippen molar-refractivity contribution in [2.75, 3.05) is 6.61 Å². The summed E-state index contributed by atoms with van der Waals surface area (Å²) in [6.07, 6.45) is 1.87. The van der Waals surface area contributed by atoms with Crippen LogP contribution < -0.4 is 15.8 Å². The van der Waals surface area contributed by atoms with Crippen molar-refractivity contribution in [2.45, 2.75) is 32.2 Å². The van der Waals surface area contributed by atoms with Gasteiger partial charge in [0.15, 0.2) is 6.61 Å². The minimum absolute atomic E-state index is 0.159. The number of para-hydroxylation sites is 1. The summed E-state index contributed by atoms with van der Waals surface area (Å²) in [7, 11) is 0. The molecule has 0 aliphatic carbocycles. The number of unbranched alkanes of at least 4 members (excludes halogenated alkanes) is 1. The first-order valence-electron chi connectivity index (χ1n) is 6.99. The van der Waals surface area contributed by atoms with Gasteiger partial charge < -0.3 is 20.9 Å². The van der Waals surface area contributed by atoms with Crippen LogP contribution in [0.15, 0.2) is 24.3 Å². The molecule has 7 nitrogen and oxygen atoms in total. The van der Waals surface area contributed by atoms with Gasteiger partial charge in [0.2, 0.25) is 0 Å². The number of benzene rings is 1. The normalized spacial score (nSPS) is 11.5. The highest BCUT2D eigenvalue weighted by molar-refractivity contribution is 5.99. The fourth-order valence-corrected chi connectivity index (χ4v) is 1.83. The maximum absolute atomic E-state index is 12.2. The number of rotatable bonds is 9. The quantitative estimate of drug-likeness (QED) is 0.627. The van der Waals surface area contributed by atoms with Gasteiger partial charge in [-0.15, -0.1) is 0 Å². The van der Waals surface area contributed by atoms with E-state index in [0.717, 1.165) is 6.42 Å². The number of aliphatic carboxylic acids is 1. The van der Waals surface area contributed by atoms with Crippen molar-refractivity contribution in [2.24, 2.45) is 5.73 Å². The van der Waals surface area contributed by atoms with Crippen molar-refractivity contribution in [3.8, 4) is 5.75 Å². The van der Waals surface area contributed by atoms with Crippen LogP contribution in [0, 0.1) is 0 Å². The number of carboxylic acid groups (broad SMARTS) is 1. The van der Waals surface area contributed by atoms with Crippen LogP contribution in [0.4, 0.5) is 0 Å². The van der Waals surface area contributed by atoms with Crippen LogP contribution in [0.2, 0.25) is 0 Å². The average molecular weight is 308 g/mol. The number of hydrogen-bond acceptors (Lipinski definition) is 4. The summed E-state index contributed by atoms with van der Waals surface area (Å²) in [6, 6.07) is 5.30. The molecule has 1 unspecified atom stereocenters. The Morgan fingerprint density at radius 1 is 1.32 bits per heavy atom. The molecular formula is C15H20N2O5. The van der Waals surface area contributed by atoms with E-state index in [4.69, 9.17) is 15.6 Å². The van der Waals surface area contributed by atoms with Crippen LogP contribution in [0.1, 0.15) is 36.5 Å². The number of carboxylic acids is 1. The Morgan fingerprint density at radius 2 is 2.00 bits per heavy atom. The van der Waals surface area contributed by atoms with E-state index in [9.17, 15) is 14.4 Å². The number of amides is 2. The molecule has 0 aliphatic heterocycles. The molecule has 1 rings (SSSR count). The Hall–Kier alpha value is -2.57. The van der Waals surface area contributed by atoms with Gasteiger partial charge in [-0.2, -0.15) is 0 Å². The minimum Gasteiger partial charge on any atom is -0.483 e. The molecule has 1 aromatic carbocycles. The van der Waals surface area contributed by atoms with Crippen molar-refractivity contribution in [1.29, 1.82) is 0 Å². The zero-order valence-electron chi connectivity index (χ0n) is 12.4. The van der Waals surface area contributed by atoms with Crippen molar-refractivity contribution in [3.05, 3.63) is 29.8 Å². The lowest BCUT2D eigenvalue weighted by Gasteiger charge is -2.15. The summed E-state index contributed by atoms with van der Waals surface area (Å²) in [5.74, 6) is -2.14. The van der Waals surface area contributed by atoms with Gasteiger partial charge in [-0.25, -0.2) is 4.79 Å². The van der Waals surface area contributed by atoms with Gasteiger partial charge >= 0.3 is 5.97 Å². The van der Waals surface area contributed by atoms with E-state index in [-0.39, 0.29) is 17.9 Å². The first-order chi connectivity index (χ1) is 10.5. The molecule has 0 fully saturated rings. The van der Waals surface area contributed by atoms with Crippen molar-refractivity contribution < 1.29 is 24.2 Å². The average Bonchev–Trinajstić information content (AvgIpc) is 2.49. The van der Waals surface area contributed by atoms with Gasteiger partial charge in [-0.05, 0) is 18.6 Å². The highest BCUT2D eigenvalue weighted by Gasteiger charge is 2.21. The van der Waals surface area contributed by atoms with E-state index in [1.807, 2.05) is 6.92 Å². The van der Waals surface area contributed by atoms with E-state index >= 15 is 0 Å². The van der Waals surface area contributed by atoms with Gasteiger partial charge in [-0.3, -0.25) is 9.59 Å². The zero-order chi connectivity index (χ0) is 16.5. The Bertz CT molecular complexity index is 544. The number of carbonyl (C=O) groups is 3. The van der Waals surface area contributed by atoms with Crippen molar-refractivity contribution in [3.63, 3.8) is 0 Å². The minimum atomic E-state index is -1.09. The van der Waals surface area contributed by atoms with Crippen LogP contribution >= 0.6 is 0 Å². The van der Waals surface area contributed by atoms with Gasteiger partial charge in [0.1, 0.15) is 11.8 Å². The molecule has 0 heterocycles. The van der Waals surface area contributed by atoms with Crippen molar-refractivity contribution >= 4 is 17.8 Å². The Labute approximate surface area is 128 Å². The third kappa shape index (κ3) is 5.43. The number of nitrogens with one attached hydrogen (secondary N) is 1. The summed E-state index contributed by atoms with van der Waals surface area (Å²) in [5, 5.41) is 11.6. The second kappa shape index (κ2) is 8.66. The van der Waals surface area contributed by atoms with E-state index in [1.165, 1.54) is 12.1 Å². The second-order valence-electron chi connectivity index (χ2n) is 4.76. The molecule has 0 saturated carbocycles. The molecule has 0 saturated heterocycles. The van der Waals surface area contributed by atoms with E-state index in [2.05, 4.69) is 5.32 Å². The van der Waals surface area contributed by atoms with Crippen LogP contribution in [0.25, 0.3) is 0 Å². The smallest absolute Gasteiger partial charge is 0.326 e. The molecule has 0 radical (unpaired) electrons. The SMILES string of the molecule is CCCCC(NC(=O)c1ccccc1OCC(N)=O)C(=O)O. The lowest BCUT2D eigenvalue weighted by atomic mass is 10.1. The number of primary amides is 1. The predicted molar refractivity (Wildman–Crippen MR) is 79.5 cm³/mol. The van der Waals surface area contributed by atoms with Gasteiger partial charge in [0.05, 0.1) is 5.56 Å². The molecule has 22 heavy (non-hydrogen) atoms. The Kier molecular flexibility index (Phi) is 6.88. The van der Waals surface area contributed by atoms with Crippen LogP contribution in [-0.2, 0) is 9.59 Å². The molecule has 0 aliphatic rings. The number of carbonyl (C=O) groups excluding carboxylic acids is 2. The predicted octanol–water partition coefficient (Wildman–Crippen LogP) is 0.924. The van der Waals surface area contributed by atoms with E-state index in [0.29, 0.717) is 12.8 Å². The lowest BCUT2D eigenvalue weighted by molar-refractivity contribution is -0.139. The van der Waals surface area contributed by atoms with Crippen LogP contribution in [0.3, 0.4) is 0 Å². The van der Waals surface area contributed by atoms with Gasteiger partial charge in [-0.1, -0.05) is 31.9 Å². The summed E-state index contributed by atoms with van der Waals surface area (Å²) in [6.45, 7) is 1.58. The fourth-order valence-electron chi connectivity index (χ4n) is 1.83. The van der Waals surface area contributed by atoms with E-state index in [1.54, 1.807) is 12.1 Å². The highest BCUT2D eigenvalue weighted by atomic mass is 16.5. The summed E-state index contributed by atoms with van der Waals surface area (Å²) in [5.41, 5.74) is 5.16. The maximum atomic E-state index is 12.2. The fraction of sp³-hybridized carbons (Fsp3) is 0.400. The topological polar surface area (TPSA) is 119 Å². The largest absolute Gasteiger partial charge is 0.483 e. The highest BCUT2D eigenvalue weighted by Crippen LogP contribution is 2.18. The molecule has 1 aromatic rings.